The molecule has 0 bridgehead atoms. The van der Waals surface area contributed by atoms with Crippen molar-refractivity contribution in [3.63, 3.8) is 0 Å². The summed E-state index contributed by atoms with van der Waals surface area (Å²) in [6.07, 6.45) is 10.7. The van der Waals surface area contributed by atoms with Gasteiger partial charge in [-0.1, -0.05) is 75.9 Å². The van der Waals surface area contributed by atoms with Crippen molar-refractivity contribution >= 4 is 106 Å². The number of fused-ring (bicyclic) bond motifs is 4. The maximum atomic E-state index is 14.4. The standard InChI is InChI=1S/C85H104N12O21/c1-49(2)75(90-69(98)20-14-11-16-34-92-71(100)30-31-72(92)101)79(106)86-53(7)77(104)88-57-26-22-55(23-27-57)47-117-84(111)96-46-59-38-51(5)44-94(59)81(108)60-40-65(113-9)67(42-62(60)96)115-36-18-13-19-37-116-68-43-63-61(41-66(68)114-10)82(109)95-45-52(6)39-64(95)83(110)97(63)85(112)118-48-56-24-28-58(29-25-56)89-78(105)54(8)87-80(107)76(50(3)4)91-70(99)21-15-12-17-35-93-73(102)32-33-74(93)103/h22-33,40-45,49-50,53-54,59,64,75-76,83,110H,11-21,34-39,46-48H2,1-10H3,(H,86,106)(H,87,107)(H,88,104)(H,89,105)(H,90,98)(H,91,99)/t53-,54-,59?,64-,75-,76?,83-/m0/s1. The molecule has 4 aromatic rings. The number of imide groups is 2. The van der Waals surface area contributed by atoms with Crippen molar-refractivity contribution in [2.24, 2.45) is 11.8 Å². The minimum atomic E-state index is -1.58. The van der Waals surface area contributed by atoms with Gasteiger partial charge in [0.25, 0.3) is 35.4 Å². The second-order valence-corrected chi connectivity index (χ2v) is 30.7. The predicted molar refractivity (Wildman–Crippen MR) is 431 cm³/mol. The fourth-order valence-corrected chi connectivity index (χ4v) is 14.3. The molecule has 33 nitrogen and oxygen atoms in total. The molecular formula is C85H104N12O21. The molecule has 7 N–H and O–H groups in total. The van der Waals surface area contributed by atoms with Crippen LogP contribution in [0, 0.1) is 11.8 Å². The molecule has 14 amide bonds. The van der Waals surface area contributed by atoms with Crippen molar-refractivity contribution in [3.05, 3.63) is 143 Å². The first-order valence-corrected chi connectivity index (χ1v) is 39.8. The number of amides is 14. The highest BCUT2D eigenvalue weighted by molar-refractivity contribution is 6.14. The van der Waals surface area contributed by atoms with Crippen LogP contribution in [-0.2, 0) is 70.6 Å². The van der Waals surface area contributed by atoms with Gasteiger partial charge in [0.05, 0.1) is 68.6 Å². The number of hydrogen-bond donors (Lipinski definition) is 7. The third-order valence-electron chi connectivity index (χ3n) is 20.9. The Labute approximate surface area is 684 Å². The average molecular weight is 1630 g/mol. The molecule has 7 atom stereocenters. The molecule has 6 heterocycles. The number of carbonyl (C=O) groups excluding carboxylic acids is 14. The number of rotatable bonds is 38. The SMILES string of the molecule is COc1cc2c(cc1OCCCCCOc1cc3c(cc1OC)C(=O)N1C=C(C)C[C@H]1[C@H](O)N3C(=O)OCc1ccc(NC(=O)[C@H](C)NC(=O)C(NC(=O)CCCCCN3C(=O)C=CC3=O)C(C)C)cc1)N(C(=O)OCc1ccc(NC(=O)[C@H](C)NC(=O)[C@@H](NC(=O)CCCCCN3C(=O)C=CC3=O)C(C)C)cc1)CC1CC(C)=CN1C2=O. The van der Waals surface area contributed by atoms with E-state index in [0.717, 1.165) is 25.8 Å². The molecule has 10 rings (SSSR count). The van der Waals surface area contributed by atoms with Gasteiger partial charge in [-0.3, -0.25) is 72.2 Å². The number of nitrogens with one attached hydrogen (secondary N) is 6. The number of aliphatic hydroxyl groups is 1. The number of nitrogens with zero attached hydrogens (tertiary/aromatic N) is 6. The van der Waals surface area contributed by atoms with E-state index in [0.29, 0.717) is 86.7 Å². The highest BCUT2D eigenvalue weighted by atomic mass is 16.6. The number of methoxy groups -OCH3 is 2. The van der Waals surface area contributed by atoms with Gasteiger partial charge in [-0.05, 0) is 145 Å². The smallest absolute Gasteiger partial charge is 0.416 e. The van der Waals surface area contributed by atoms with Crippen molar-refractivity contribution in [2.75, 3.05) is 67.5 Å². The molecule has 118 heavy (non-hydrogen) atoms. The van der Waals surface area contributed by atoms with Crippen LogP contribution in [0.15, 0.2) is 121 Å². The van der Waals surface area contributed by atoms with Gasteiger partial charge in [0.15, 0.2) is 29.2 Å². The molecule has 0 saturated heterocycles. The summed E-state index contributed by atoms with van der Waals surface area (Å²) >= 11 is 0. The zero-order chi connectivity index (χ0) is 85.2. The van der Waals surface area contributed by atoms with Crippen molar-refractivity contribution in [1.82, 2.24) is 40.9 Å². The summed E-state index contributed by atoms with van der Waals surface area (Å²) in [4.78, 5) is 192. The zero-order valence-corrected chi connectivity index (χ0v) is 68.0. The lowest BCUT2D eigenvalue weighted by atomic mass is 10.0. The van der Waals surface area contributed by atoms with Gasteiger partial charge in [0, 0.05) is 86.1 Å². The zero-order valence-electron chi connectivity index (χ0n) is 68.0. The monoisotopic (exact) mass is 1630 g/mol. The van der Waals surface area contributed by atoms with Gasteiger partial charge >= 0.3 is 12.2 Å². The molecular weight excluding hydrogens is 1520 g/mol. The number of benzene rings is 4. The largest absolute Gasteiger partial charge is 0.493 e. The maximum Gasteiger partial charge on any atom is 0.416 e. The normalized spacial score (nSPS) is 17.7. The summed E-state index contributed by atoms with van der Waals surface area (Å²) in [6, 6.07) is 13.8. The van der Waals surface area contributed by atoms with Crippen molar-refractivity contribution in [2.45, 2.75) is 195 Å². The molecule has 0 fully saturated rings. The molecule has 4 aromatic carbocycles. The van der Waals surface area contributed by atoms with E-state index >= 15 is 0 Å². The highest BCUT2D eigenvalue weighted by Gasteiger charge is 2.46. The van der Waals surface area contributed by atoms with E-state index in [9.17, 15) is 72.2 Å². The Morgan fingerprint density at radius 2 is 0.890 bits per heavy atom. The highest BCUT2D eigenvalue weighted by Crippen LogP contribution is 2.44. The van der Waals surface area contributed by atoms with Crippen LogP contribution in [0.4, 0.5) is 32.3 Å². The van der Waals surface area contributed by atoms with Gasteiger partial charge in [-0.25, -0.2) is 14.5 Å². The number of hydrogen-bond acceptors (Lipinski definition) is 21. The second kappa shape index (κ2) is 40.4. The van der Waals surface area contributed by atoms with Crippen LogP contribution in [-0.4, -0.2) is 197 Å². The minimum absolute atomic E-state index is 0.00611. The Balaban J connectivity index is 0.698. The van der Waals surface area contributed by atoms with E-state index < -0.39 is 84.2 Å². The first-order chi connectivity index (χ1) is 56.4. The number of ether oxygens (including phenoxy) is 6. The average Bonchev–Trinajstić information content (AvgIpc) is 1.60. The fourth-order valence-electron chi connectivity index (χ4n) is 14.3. The van der Waals surface area contributed by atoms with Crippen LogP contribution in [0.3, 0.4) is 0 Å². The second-order valence-electron chi connectivity index (χ2n) is 30.7. The van der Waals surface area contributed by atoms with Crippen LogP contribution in [0.25, 0.3) is 0 Å². The predicted octanol–water partition coefficient (Wildman–Crippen LogP) is 8.34. The Morgan fingerprint density at radius 3 is 1.35 bits per heavy atom. The number of carbonyl (C=O) groups is 14. The van der Waals surface area contributed by atoms with Crippen LogP contribution in [0.5, 0.6) is 23.0 Å². The quantitative estimate of drug-likeness (QED) is 0.0164. The van der Waals surface area contributed by atoms with E-state index in [2.05, 4.69) is 31.9 Å². The van der Waals surface area contributed by atoms with E-state index in [1.54, 1.807) is 106 Å². The molecule has 0 saturated carbocycles. The van der Waals surface area contributed by atoms with Crippen molar-refractivity contribution in [1.29, 1.82) is 0 Å². The Morgan fingerprint density at radius 1 is 0.475 bits per heavy atom. The summed E-state index contributed by atoms with van der Waals surface area (Å²) in [5.74, 6) is -4.99. The molecule has 630 valence electrons. The van der Waals surface area contributed by atoms with Crippen molar-refractivity contribution < 1.29 is 101 Å². The lowest BCUT2D eigenvalue weighted by Gasteiger charge is -2.31. The molecule has 0 aliphatic carbocycles. The van der Waals surface area contributed by atoms with Gasteiger partial charge in [0.2, 0.25) is 35.4 Å². The fraction of sp³-hybridized carbons (Fsp3) is 0.459. The maximum absolute atomic E-state index is 14.4. The lowest BCUT2D eigenvalue weighted by molar-refractivity contribution is -0.138. The molecule has 0 aromatic heterocycles. The third kappa shape index (κ3) is 22.2. The van der Waals surface area contributed by atoms with Gasteiger partial charge in [-0.2, -0.15) is 0 Å². The summed E-state index contributed by atoms with van der Waals surface area (Å²) in [6.45, 7) is 14.2. The van der Waals surface area contributed by atoms with E-state index in [1.165, 1.54) is 74.3 Å². The van der Waals surface area contributed by atoms with Crippen molar-refractivity contribution in [3.8, 4) is 23.0 Å². The van der Waals surface area contributed by atoms with Gasteiger partial charge < -0.3 is 75.2 Å². The summed E-state index contributed by atoms with van der Waals surface area (Å²) in [7, 11) is 2.85. The molecule has 0 radical (unpaired) electrons. The first-order valence-electron chi connectivity index (χ1n) is 39.8. The van der Waals surface area contributed by atoms with E-state index in [1.807, 2.05) is 13.8 Å². The Hall–Kier alpha value is -12.4. The summed E-state index contributed by atoms with van der Waals surface area (Å²) < 4.78 is 35.9. The van der Waals surface area contributed by atoms with Gasteiger partial charge in [-0.15, -0.1) is 0 Å². The number of aliphatic hydroxyl groups excluding tert-OH is 1. The molecule has 6 aliphatic rings. The molecule has 6 aliphatic heterocycles. The van der Waals surface area contributed by atoms with E-state index in [-0.39, 0.29) is 164 Å². The van der Waals surface area contributed by atoms with Crippen LogP contribution < -0.4 is 60.6 Å². The molecule has 0 spiro atoms. The van der Waals surface area contributed by atoms with E-state index in [4.69, 9.17) is 28.4 Å². The molecule has 2 unspecified atom stereocenters. The van der Waals surface area contributed by atoms with Gasteiger partial charge in [0.1, 0.15) is 37.4 Å². The minimum Gasteiger partial charge on any atom is -0.493 e. The lowest BCUT2D eigenvalue weighted by Crippen LogP contribution is -2.53. The van der Waals surface area contributed by atoms with Crippen LogP contribution >= 0.6 is 0 Å². The third-order valence-corrected chi connectivity index (χ3v) is 20.9. The summed E-state index contributed by atoms with van der Waals surface area (Å²) in [5, 5.41) is 28.5. The van der Waals surface area contributed by atoms with Crippen LogP contribution in [0.2, 0.25) is 0 Å². The number of anilines is 4. The van der Waals surface area contributed by atoms with Crippen LogP contribution in [0.1, 0.15) is 171 Å². The Kier molecular flexibility index (Phi) is 30.1. The molecule has 33 heteroatoms. The number of unbranched alkanes of at least 4 members (excludes halogenated alkanes) is 6. The topological polar surface area (TPSA) is 406 Å². The summed E-state index contributed by atoms with van der Waals surface area (Å²) in [5.41, 5.74) is 4.01. The first kappa shape index (κ1) is 88.0. The Bertz CT molecular complexity index is 4580.